The molecule has 0 spiro atoms. The molecule has 0 radical (unpaired) electrons. The van der Waals surface area contributed by atoms with E-state index in [0.717, 1.165) is 6.07 Å². The van der Waals surface area contributed by atoms with Crippen molar-refractivity contribution < 1.29 is 18.3 Å². The van der Waals surface area contributed by atoms with Gasteiger partial charge in [0, 0.05) is 0 Å². The standard InChI is InChI=1S/C14H10Cl2O4S/c15-11-7-6-10(8-12(11)16)21(19,20)13(14(17)18)9-4-2-1-3-5-9/h1-8,13H,(H,17,18). The molecule has 7 heteroatoms. The second-order valence-electron chi connectivity index (χ2n) is 4.25. The summed E-state index contributed by atoms with van der Waals surface area (Å²) in [5.41, 5.74) is 0.177. The summed E-state index contributed by atoms with van der Waals surface area (Å²) in [6.45, 7) is 0. The fourth-order valence-corrected chi connectivity index (χ4v) is 3.83. The summed E-state index contributed by atoms with van der Waals surface area (Å²) in [6.07, 6.45) is 0. The predicted molar refractivity (Wildman–Crippen MR) is 80.5 cm³/mol. The highest BCUT2D eigenvalue weighted by atomic mass is 35.5. The Morgan fingerprint density at radius 2 is 1.62 bits per heavy atom. The number of halogens is 2. The molecule has 0 bridgehead atoms. The van der Waals surface area contributed by atoms with Crippen molar-refractivity contribution >= 4 is 39.0 Å². The van der Waals surface area contributed by atoms with Crippen LogP contribution in [-0.4, -0.2) is 19.5 Å². The Morgan fingerprint density at radius 1 is 1.00 bits per heavy atom. The molecule has 1 unspecified atom stereocenters. The monoisotopic (exact) mass is 344 g/mol. The van der Waals surface area contributed by atoms with Crippen molar-refractivity contribution in [3.8, 4) is 0 Å². The van der Waals surface area contributed by atoms with E-state index in [1.807, 2.05) is 0 Å². The van der Waals surface area contributed by atoms with Crippen LogP contribution in [0, 0.1) is 0 Å². The Labute approximate surface area is 131 Å². The summed E-state index contributed by atoms with van der Waals surface area (Å²) in [4.78, 5) is 11.2. The molecule has 4 nitrogen and oxygen atoms in total. The highest BCUT2D eigenvalue weighted by molar-refractivity contribution is 7.92. The second kappa shape index (κ2) is 6.05. The maximum atomic E-state index is 12.6. The van der Waals surface area contributed by atoms with Gasteiger partial charge in [-0.3, -0.25) is 4.79 Å². The zero-order valence-corrected chi connectivity index (χ0v) is 12.9. The summed E-state index contributed by atoms with van der Waals surface area (Å²) < 4.78 is 25.1. The van der Waals surface area contributed by atoms with Crippen LogP contribution in [0.25, 0.3) is 0 Å². The van der Waals surface area contributed by atoms with E-state index in [2.05, 4.69) is 0 Å². The number of hydrogen-bond donors (Lipinski definition) is 1. The zero-order chi connectivity index (χ0) is 15.6. The zero-order valence-electron chi connectivity index (χ0n) is 10.5. The average Bonchev–Trinajstić information content (AvgIpc) is 2.42. The summed E-state index contributed by atoms with van der Waals surface area (Å²) >= 11 is 11.6. The van der Waals surface area contributed by atoms with E-state index in [1.165, 1.54) is 24.3 Å². The molecule has 21 heavy (non-hydrogen) atoms. The fourth-order valence-electron chi connectivity index (χ4n) is 1.87. The molecule has 2 aromatic carbocycles. The van der Waals surface area contributed by atoms with E-state index in [-0.39, 0.29) is 20.5 Å². The largest absolute Gasteiger partial charge is 0.480 e. The number of benzene rings is 2. The van der Waals surface area contributed by atoms with Crippen molar-refractivity contribution in [2.24, 2.45) is 0 Å². The third-order valence-electron chi connectivity index (χ3n) is 2.86. The lowest BCUT2D eigenvalue weighted by atomic mass is 10.1. The number of carboxylic acids is 1. The smallest absolute Gasteiger partial charge is 0.326 e. The van der Waals surface area contributed by atoms with Crippen molar-refractivity contribution in [3.63, 3.8) is 0 Å². The van der Waals surface area contributed by atoms with Crippen molar-refractivity contribution in [2.45, 2.75) is 10.1 Å². The molecule has 0 aliphatic rings. The minimum atomic E-state index is -4.14. The molecule has 0 aromatic heterocycles. The topological polar surface area (TPSA) is 71.4 Å². The molecule has 0 aliphatic carbocycles. The first-order chi connectivity index (χ1) is 9.84. The van der Waals surface area contributed by atoms with Gasteiger partial charge in [0.15, 0.2) is 15.1 Å². The number of aliphatic carboxylic acids is 1. The van der Waals surface area contributed by atoms with Gasteiger partial charge in [0.1, 0.15) is 0 Å². The molecule has 0 saturated heterocycles. The van der Waals surface area contributed by atoms with Crippen LogP contribution < -0.4 is 0 Å². The Kier molecular flexibility index (Phi) is 4.56. The highest BCUT2D eigenvalue weighted by Crippen LogP contribution is 2.32. The molecule has 0 saturated carbocycles. The van der Waals surface area contributed by atoms with Crippen LogP contribution in [0.2, 0.25) is 10.0 Å². The number of sulfone groups is 1. The molecule has 1 N–H and O–H groups in total. The Bertz CT molecular complexity index is 773. The third-order valence-corrected chi connectivity index (χ3v) is 5.60. The van der Waals surface area contributed by atoms with Gasteiger partial charge in [0.05, 0.1) is 14.9 Å². The van der Waals surface area contributed by atoms with Gasteiger partial charge in [-0.05, 0) is 23.8 Å². The molecular weight excluding hydrogens is 335 g/mol. The molecule has 110 valence electrons. The fraction of sp³-hybridized carbons (Fsp3) is 0.0714. The lowest BCUT2D eigenvalue weighted by Crippen LogP contribution is -2.22. The van der Waals surface area contributed by atoms with Crippen molar-refractivity contribution in [2.75, 3.05) is 0 Å². The van der Waals surface area contributed by atoms with E-state index in [1.54, 1.807) is 18.2 Å². The highest BCUT2D eigenvalue weighted by Gasteiger charge is 2.35. The lowest BCUT2D eigenvalue weighted by molar-refractivity contribution is -0.136. The van der Waals surface area contributed by atoms with Gasteiger partial charge >= 0.3 is 5.97 Å². The van der Waals surface area contributed by atoms with E-state index in [0.29, 0.717) is 0 Å². The van der Waals surface area contributed by atoms with Gasteiger partial charge in [-0.25, -0.2) is 8.42 Å². The lowest BCUT2D eigenvalue weighted by Gasteiger charge is -2.14. The van der Waals surface area contributed by atoms with E-state index >= 15 is 0 Å². The molecule has 0 aliphatic heterocycles. The maximum absolute atomic E-state index is 12.6. The number of carbonyl (C=O) groups is 1. The molecule has 0 fully saturated rings. The summed E-state index contributed by atoms with van der Waals surface area (Å²) in [5.74, 6) is -1.45. The molecule has 2 aromatic rings. The van der Waals surface area contributed by atoms with E-state index in [9.17, 15) is 18.3 Å². The Morgan fingerprint density at radius 3 is 2.14 bits per heavy atom. The first-order valence-electron chi connectivity index (χ1n) is 5.80. The molecule has 1 atom stereocenters. The van der Waals surface area contributed by atoms with E-state index in [4.69, 9.17) is 23.2 Å². The van der Waals surface area contributed by atoms with Crippen LogP contribution in [0.3, 0.4) is 0 Å². The van der Waals surface area contributed by atoms with Crippen LogP contribution >= 0.6 is 23.2 Å². The average molecular weight is 345 g/mol. The van der Waals surface area contributed by atoms with Gasteiger partial charge in [0.25, 0.3) is 0 Å². The summed E-state index contributed by atoms with van der Waals surface area (Å²) in [6, 6.07) is 11.4. The Balaban J connectivity index is 2.58. The first-order valence-corrected chi connectivity index (χ1v) is 8.11. The predicted octanol–water partition coefficient (Wildman–Crippen LogP) is 3.59. The first kappa shape index (κ1) is 15.8. The van der Waals surface area contributed by atoms with Crippen LogP contribution in [0.1, 0.15) is 10.8 Å². The quantitative estimate of drug-likeness (QED) is 0.919. The minimum absolute atomic E-state index is 0.0509. The van der Waals surface area contributed by atoms with Crippen LogP contribution in [0.4, 0.5) is 0 Å². The molecule has 2 rings (SSSR count). The third kappa shape index (κ3) is 3.20. The molecule has 0 heterocycles. The van der Waals surface area contributed by atoms with Gasteiger partial charge < -0.3 is 5.11 Å². The van der Waals surface area contributed by atoms with Crippen molar-refractivity contribution in [3.05, 3.63) is 64.1 Å². The van der Waals surface area contributed by atoms with Crippen molar-refractivity contribution in [1.82, 2.24) is 0 Å². The van der Waals surface area contributed by atoms with Crippen LogP contribution in [0.15, 0.2) is 53.4 Å². The second-order valence-corrected chi connectivity index (χ2v) is 7.10. The Hall–Kier alpha value is -1.56. The molecular formula is C14H10Cl2O4S. The number of hydrogen-bond acceptors (Lipinski definition) is 3. The molecule has 0 amide bonds. The van der Waals surface area contributed by atoms with Gasteiger partial charge in [0.2, 0.25) is 0 Å². The minimum Gasteiger partial charge on any atom is -0.480 e. The van der Waals surface area contributed by atoms with Crippen LogP contribution in [0.5, 0.6) is 0 Å². The SMILES string of the molecule is O=C(O)C(c1ccccc1)S(=O)(=O)c1ccc(Cl)c(Cl)c1. The number of rotatable bonds is 4. The summed E-state index contributed by atoms with van der Waals surface area (Å²) in [5, 5.41) is 7.86. The van der Waals surface area contributed by atoms with E-state index < -0.39 is 21.1 Å². The van der Waals surface area contributed by atoms with Gasteiger partial charge in [-0.1, -0.05) is 53.5 Å². The van der Waals surface area contributed by atoms with Gasteiger partial charge in [-0.2, -0.15) is 0 Å². The van der Waals surface area contributed by atoms with Gasteiger partial charge in [-0.15, -0.1) is 0 Å². The number of carboxylic acid groups (broad SMARTS) is 1. The van der Waals surface area contributed by atoms with Crippen LogP contribution in [-0.2, 0) is 14.6 Å². The normalized spacial score (nSPS) is 12.9. The summed E-state index contributed by atoms with van der Waals surface area (Å²) in [7, 11) is -4.14. The maximum Gasteiger partial charge on any atom is 0.326 e. The van der Waals surface area contributed by atoms with Crippen molar-refractivity contribution in [1.29, 1.82) is 0 Å².